The van der Waals surface area contributed by atoms with Gasteiger partial charge >= 0.3 is 11.7 Å². The van der Waals surface area contributed by atoms with Crippen LogP contribution in [0.25, 0.3) is 0 Å². The Morgan fingerprint density at radius 3 is 2.71 bits per heavy atom. The number of rotatable bonds is 5. The number of hydrogen-bond acceptors (Lipinski definition) is 6. The SMILES string of the molecule is O=C(O)C(=C1SCCN1C(=O)COc1ccc(Cl)cc1Cl)[N+](=O)[O-]. The van der Waals surface area contributed by atoms with Crippen LogP contribution in [0.2, 0.25) is 10.0 Å². The lowest BCUT2D eigenvalue weighted by atomic mass is 10.3. The Kier molecular flexibility index (Phi) is 5.92. The third-order valence-corrected chi connectivity index (χ3v) is 4.54. The fourth-order valence-corrected chi connectivity index (χ4v) is 3.48. The molecule has 1 aromatic carbocycles. The van der Waals surface area contributed by atoms with Crippen LogP contribution in [0.3, 0.4) is 0 Å². The molecule has 0 aromatic heterocycles. The van der Waals surface area contributed by atoms with E-state index in [2.05, 4.69) is 0 Å². The molecule has 1 N–H and O–H groups in total. The minimum Gasteiger partial charge on any atom is -0.482 e. The van der Waals surface area contributed by atoms with E-state index in [9.17, 15) is 19.7 Å². The van der Waals surface area contributed by atoms with Gasteiger partial charge in [-0.3, -0.25) is 19.8 Å². The Balaban J connectivity index is 2.15. The summed E-state index contributed by atoms with van der Waals surface area (Å²) in [5.41, 5.74) is -1.03. The van der Waals surface area contributed by atoms with Crippen molar-refractivity contribution in [2.75, 3.05) is 18.9 Å². The molecular weight excluding hydrogens is 383 g/mol. The van der Waals surface area contributed by atoms with Crippen molar-refractivity contribution < 1.29 is 24.4 Å². The van der Waals surface area contributed by atoms with Crippen molar-refractivity contribution in [2.24, 2.45) is 0 Å². The lowest BCUT2D eigenvalue weighted by Gasteiger charge is -2.17. The first-order chi connectivity index (χ1) is 11.3. The molecule has 1 aromatic rings. The Bertz CT molecular complexity index is 723. The van der Waals surface area contributed by atoms with E-state index in [-0.39, 0.29) is 22.3 Å². The van der Waals surface area contributed by atoms with Crippen molar-refractivity contribution in [1.82, 2.24) is 4.90 Å². The van der Waals surface area contributed by atoms with Gasteiger partial charge in [0.15, 0.2) is 11.6 Å². The second-order valence-electron chi connectivity index (χ2n) is 4.47. The number of amides is 1. The van der Waals surface area contributed by atoms with Crippen molar-refractivity contribution >= 4 is 46.8 Å². The summed E-state index contributed by atoms with van der Waals surface area (Å²) in [6, 6.07) is 4.45. The molecule has 0 aliphatic carbocycles. The van der Waals surface area contributed by atoms with Gasteiger partial charge in [0.25, 0.3) is 5.91 Å². The Morgan fingerprint density at radius 2 is 2.12 bits per heavy atom. The van der Waals surface area contributed by atoms with Crippen LogP contribution in [0.1, 0.15) is 0 Å². The summed E-state index contributed by atoms with van der Waals surface area (Å²) < 4.78 is 5.28. The minimum atomic E-state index is -1.70. The maximum atomic E-state index is 12.2. The van der Waals surface area contributed by atoms with Crippen LogP contribution in [0.4, 0.5) is 0 Å². The third kappa shape index (κ3) is 4.11. The fourth-order valence-electron chi connectivity index (χ4n) is 1.90. The third-order valence-electron chi connectivity index (χ3n) is 2.93. The maximum Gasteiger partial charge on any atom is 0.410 e. The molecule has 0 spiro atoms. The normalized spacial score (nSPS) is 16.0. The molecule has 0 saturated carbocycles. The summed E-state index contributed by atoms with van der Waals surface area (Å²) in [5.74, 6) is -1.74. The Labute approximate surface area is 150 Å². The number of halogens is 2. The van der Waals surface area contributed by atoms with E-state index < -0.39 is 29.1 Å². The van der Waals surface area contributed by atoms with E-state index in [0.717, 1.165) is 16.7 Å². The number of hydrogen-bond donors (Lipinski definition) is 1. The lowest BCUT2D eigenvalue weighted by Crippen LogP contribution is -2.33. The lowest BCUT2D eigenvalue weighted by molar-refractivity contribution is -0.422. The molecule has 0 unspecified atom stereocenters. The van der Waals surface area contributed by atoms with Crippen molar-refractivity contribution in [3.05, 3.63) is 49.1 Å². The summed E-state index contributed by atoms with van der Waals surface area (Å²) in [7, 11) is 0. The number of thioether (sulfide) groups is 1. The highest BCUT2D eigenvalue weighted by atomic mass is 35.5. The number of ether oxygens (including phenoxy) is 1. The van der Waals surface area contributed by atoms with E-state index in [1.165, 1.54) is 18.2 Å². The summed E-state index contributed by atoms with van der Waals surface area (Å²) in [6.07, 6.45) is 0. The van der Waals surface area contributed by atoms with Crippen molar-refractivity contribution in [3.8, 4) is 5.75 Å². The standard InChI is InChI=1S/C13H10Cl2N2O6S/c14-7-1-2-9(8(15)5-7)23-6-10(18)16-3-4-24-12(16)11(13(19)20)17(21)22/h1-2,5H,3-4,6H2,(H,19,20). The zero-order valence-electron chi connectivity index (χ0n) is 11.9. The van der Waals surface area contributed by atoms with Crippen molar-refractivity contribution in [1.29, 1.82) is 0 Å². The second-order valence-corrected chi connectivity index (χ2v) is 6.40. The maximum absolute atomic E-state index is 12.2. The van der Waals surface area contributed by atoms with E-state index >= 15 is 0 Å². The number of benzene rings is 1. The number of carbonyl (C=O) groups is 2. The first-order valence-corrected chi connectivity index (χ1v) is 8.18. The molecule has 11 heteroatoms. The zero-order chi connectivity index (χ0) is 17.9. The van der Waals surface area contributed by atoms with Gasteiger partial charge in [-0.2, -0.15) is 0 Å². The second kappa shape index (κ2) is 7.73. The van der Waals surface area contributed by atoms with Crippen LogP contribution < -0.4 is 4.74 Å². The van der Waals surface area contributed by atoms with Gasteiger partial charge in [0.2, 0.25) is 0 Å². The van der Waals surface area contributed by atoms with E-state index in [1.807, 2.05) is 0 Å². The molecule has 2 rings (SSSR count). The smallest absolute Gasteiger partial charge is 0.410 e. The van der Waals surface area contributed by atoms with Crippen molar-refractivity contribution in [2.45, 2.75) is 0 Å². The van der Waals surface area contributed by atoms with Crippen LogP contribution in [-0.2, 0) is 9.59 Å². The fraction of sp³-hybridized carbons (Fsp3) is 0.231. The highest BCUT2D eigenvalue weighted by Gasteiger charge is 2.37. The van der Waals surface area contributed by atoms with Gasteiger partial charge in [-0.05, 0) is 18.2 Å². The molecule has 1 heterocycles. The monoisotopic (exact) mass is 392 g/mol. The molecule has 128 valence electrons. The Hall–Kier alpha value is -1.97. The Morgan fingerprint density at radius 1 is 1.42 bits per heavy atom. The van der Waals surface area contributed by atoms with E-state index in [1.54, 1.807) is 0 Å². The number of carbonyl (C=O) groups excluding carboxylic acids is 1. The predicted octanol–water partition coefficient (Wildman–Crippen LogP) is 2.48. The predicted molar refractivity (Wildman–Crippen MR) is 87.8 cm³/mol. The number of nitro groups is 1. The zero-order valence-corrected chi connectivity index (χ0v) is 14.2. The first kappa shape index (κ1) is 18.4. The number of carboxylic acids is 1. The molecule has 24 heavy (non-hydrogen) atoms. The first-order valence-electron chi connectivity index (χ1n) is 6.44. The largest absolute Gasteiger partial charge is 0.482 e. The molecule has 1 fully saturated rings. The van der Waals surface area contributed by atoms with E-state index in [0.29, 0.717) is 10.8 Å². The van der Waals surface area contributed by atoms with Crippen LogP contribution in [0, 0.1) is 10.1 Å². The molecule has 1 saturated heterocycles. The number of carboxylic acid groups (broad SMARTS) is 1. The highest BCUT2D eigenvalue weighted by Crippen LogP contribution is 2.32. The molecular formula is C13H10Cl2N2O6S. The molecule has 0 radical (unpaired) electrons. The number of nitrogens with zero attached hydrogens (tertiary/aromatic N) is 2. The van der Waals surface area contributed by atoms with Crippen LogP contribution in [0.5, 0.6) is 5.75 Å². The van der Waals surface area contributed by atoms with Crippen molar-refractivity contribution in [3.63, 3.8) is 0 Å². The summed E-state index contributed by atoms with van der Waals surface area (Å²) >= 11 is 12.6. The topological polar surface area (TPSA) is 110 Å². The van der Waals surface area contributed by atoms with Gasteiger partial charge in [0, 0.05) is 17.3 Å². The van der Waals surface area contributed by atoms with Gasteiger partial charge in [-0.1, -0.05) is 35.0 Å². The summed E-state index contributed by atoms with van der Waals surface area (Å²) in [5, 5.41) is 20.3. The molecule has 1 aliphatic rings. The molecule has 1 amide bonds. The minimum absolute atomic E-state index is 0.154. The average Bonchev–Trinajstić information content (AvgIpc) is 2.94. The highest BCUT2D eigenvalue weighted by molar-refractivity contribution is 8.03. The molecule has 0 bridgehead atoms. The van der Waals surface area contributed by atoms with Gasteiger partial charge < -0.3 is 9.84 Å². The molecule has 8 nitrogen and oxygen atoms in total. The quantitative estimate of drug-likeness (QED) is 0.465. The average molecular weight is 393 g/mol. The number of aliphatic carboxylic acids is 1. The van der Waals surface area contributed by atoms with Gasteiger partial charge in [-0.15, -0.1) is 0 Å². The van der Waals surface area contributed by atoms with Crippen LogP contribution in [0.15, 0.2) is 28.9 Å². The van der Waals surface area contributed by atoms with Gasteiger partial charge in [-0.25, -0.2) is 4.79 Å². The summed E-state index contributed by atoms with van der Waals surface area (Å²) in [4.78, 5) is 34.2. The summed E-state index contributed by atoms with van der Waals surface area (Å²) in [6.45, 7) is -0.294. The van der Waals surface area contributed by atoms with Gasteiger partial charge in [0.1, 0.15) is 5.75 Å². The van der Waals surface area contributed by atoms with Gasteiger partial charge in [0.05, 0.1) is 9.95 Å². The van der Waals surface area contributed by atoms with Crippen LogP contribution in [-0.4, -0.2) is 45.7 Å². The van der Waals surface area contributed by atoms with Crippen LogP contribution >= 0.6 is 35.0 Å². The molecule has 1 aliphatic heterocycles. The molecule has 0 atom stereocenters. The van der Waals surface area contributed by atoms with E-state index in [4.69, 9.17) is 33.0 Å².